The van der Waals surface area contributed by atoms with Gasteiger partial charge in [0.25, 0.3) is 0 Å². The van der Waals surface area contributed by atoms with E-state index in [1.54, 1.807) is 0 Å². The highest BCUT2D eigenvalue weighted by Gasteiger charge is 2.33. The summed E-state index contributed by atoms with van der Waals surface area (Å²) in [6, 6.07) is 13.7. The molecule has 6 heteroatoms. The molecule has 0 fully saturated rings. The number of halogens is 1. The fourth-order valence-corrected chi connectivity index (χ4v) is 3.40. The molecule has 2 aliphatic rings. The van der Waals surface area contributed by atoms with Crippen molar-refractivity contribution in [3.8, 4) is 0 Å². The molecule has 0 spiro atoms. The van der Waals surface area contributed by atoms with Crippen LogP contribution in [0.2, 0.25) is 5.02 Å². The molecule has 2 heterocycles. The summed E-state index contributed by atoms with van der Waals surface area (Å²) in [5.74, 6) is 0.937. The SMILES string of the molecule is CC(=O)Nc1ccc(C2Nc3cc(Cl)ccc3C3=NCCN32)cc1. The Morgan fingerprint density at radius 2 is 2.08 bits per heavy atom. The normalized spacial score (nSPS) is 18.3. The Kier molecular flexibility index (Phi) is 3.65. The lowest BCUT2D eigenvalue weighted by atomic mass is 10.0. The van der Waals surface area contributed by atoms with Crippen molar-refractivity contribution in [3.05, 3.63) is 58.6 Å². The Hall–Kier alpha value is -2.53. The quantitative estimate of drug-likeness (QED) is 0.880. The lowest BCUT2D eigenvalue weighted by Crippen LogP contribution is -2.41. The van der Waals surface area contributed by atoms with E-state index in [4.69, 9.17) is 11.6 Å². The van der Waals surface area contributed by atoms with Crippen molar-refractivity contribution in [3.63, 3.8) is 0 Å². The summed E-state index contributed by atoms with van der Waals surface area (Å²) >= 11 is 6.15. The van der Waals surface area contributed by atoms with Gasteiger partial charge in [0.2, 0.25) is 5.91 Å². The monoisotopic (exact) mass is 340 g/mol. The Bertz CT molecular complexity index is 831. The van der Waals surface area contributed by atoms with E-state index < -0.39 is 0 Å². The third-order valence-corrected chi connectivity index (χ3v) is 4.48. The van der Waals surface area contributed by atoms with E-state index in [1.165, 1.54) is 6.92 Å². The van der Waals surface area contributed by atoms with Crippen LogP contribution >= 0.6 is 11.6 Å². The molecular formula is C18H17ClN4O. The molecule has 5 nitrogen and oxygen atoms in total. The predicted molar refractivity (Wildman–Crippen MR) is 96.7 cm³/mol. The number of hydrogen-bond acceptors (Lipinski definition) is 4. The molecule has 2 aliphatic heterocycles. The van der Waals surface area contributed by atoms with Gasteiger partial charge in [-0.1, -0.05) is 23.7 Å². The number of amidine groups is 1. The summed E-state index contributed by atoms with van der Waals surface area (Å²) < 4.78 is 0. The molecule has 0 aliphatic carbocycles. The second-order valence-corrected chi connectivity index (χ2v) is 6.38. The minimum absolute atomic E-state index is 0.00333. The van der Waals surface area contributed by atoms with Crippen LogP contribution in [-0.2, 0) is 4.79 Å². The number of nitrogens with one attached hydrogen (secondary N) is 2. The van der Waals surface area contributed by atoms with E-state index in [9.17, 15) is 4.79 Å². The van der Waals surface area contributed by atoms with Crippen LogP contribution < -0.4 is 10.6 Å². The van der Waals surface area contributed by atoms with Crippen LogP contribution in [0, 0.1) is 0 Å². The van der Waals surface area contributed by atoms with E-state index in [2.05, 4.69) is 20.5 Å². The summed E-state index contributed by atoms with van der Waals surface area (Å²) in [4.78, 5) is 18.1. The van der Waals surface area contributed by atoms with Gasteiger partial charge in [-0.05, 0) is 35.9 Å². The van der Waals surface area contributed by atoms with E-state index in [0.29, 0.717) is 5.02 Å². The Morgan fingerprint density at radius 1 is 1.29 bits per heavy atom. The molecule has 0 saturated heterocycles. The molecule has 1 unspecified atom stereocenters. The van der Waals surface area contributed by atoms with Gasteiger partial charge in [0.15, 0.2) is 0 Å². The zero-order valence-corrected chi connectivity index (χ0v) is 14.0. The van der Waals surface area contributed by atoms with Crippen LogP contribution in [0.25, 0.3) is 0 Å². The van der Waals surface area contributed by atoms with Crippen LogP contribution in [0.1, 0.15) is 24.2 Å². The van der Waals surface area contributed by atoms with Crippen molar-refractivity contribution in [1.82, 2.24) is 4.90 Å². The maximum Gasteiger partial charge on any atom is 0.221 e. The molecule has 0 aromatic heterocycles. The number of carbonyl (C=O) groups is 1. The molecule has 2 aromatic carbocycles. The maximum absolute atomic E-state index is 11.2. The fourth-order valence-electron chi connectivity index (χ4n) is 3.22. The number of benzene rings is 2. The summed E-state index contributed by atoms with van der Waals surface area (Å²) in [5, 5.41) is 7.05. The number of hydrogen-bond donors (Lipinski definition) is 2. The molecule has 0 bridgehead atoms. The number of rotatable bonds is 2. The third kappa shape index (κ3) is 2.61. The Morgan fingerprint density at radius 3 is 2.83 bits per heavy atom. The first-order chi connectivity index (χ1) is 11.6. The first-order valence-electron chi connectivity index (χ1n) is 7.87. The standard InChI is InChI=1S/C18H17ClN4O/c1-11(24)21-14-5-2-12(3-6-14)17-22-16-10-13(19)4-7-15(16)18-20-8-9-23(17)18/h2-7,10,17,22H,8-9H2,1H3,(H,21,24). The zero-order valence-electron chi connectivity index (χ0n) is 13.2. The summed E-state index contributed by atoms with van der Waals surface area (Å²) in [6.07, 6.45) is 0.00333. The summed E-state index contributed by atoms with van der Waals surface area (Å²) in [5.41, 5.74) is 3.99. The van der Waals surface area contributed by atoms with Crippen LogP contribution in [0.15, 0.2) is 47.5 Å². The van der Waals surface area contributed by atoms with Gasteiger partial charge in [0, 0.05) is 35.4 Å². The molecule has 1 amide bonds. The smallest absolute Gasteiger partial charge is 0.221 e. The highest BCUT2D eigenvalue weighted by atomic mass is 35.5. The van der Waals surface area contributed by atoms with Crippen LogP contribution in [0.5, 0.6) is 0 Å². The highest BCUT2D eigenvalue weighted by molar-refractivity contribution is 6.31. The van der Waals surface area contributed by atoms with E-state index in [0.717, 1.165) is 41.4 Å². The number of amides is 1. The number of nitrogens with zero attached hydrogens (tertiary/aromatic N) is 2. The second kappa shape index (κ2) is 5.83. The van der Waals surface area contributed by atoms with Gasteiger partial charge >= 0.3 is 0 Å². The second-order valence-electron chi connectivity index (χ2n) is 5.94. The first-order valence-corrected chi connectivity index (χ1v) is 8.25. The zero-order chi connectivity index (χ0) is 16.7. The van der Waals surface area contributed by atoms with Gasteiger partial charge in [0.05, 0.1) is 6.54 Å². The van der Waals surface area contributed by atoms with Gasteiger partial charge < -0.3 is 15.5 Å². The molecule has 122 valence electrons. The van der Waals surface area contributed by atoms with E-state index >= 15 is 0 Å². The molecule has 0 saturated carbocycles. The largest absolute Gasteiger partial charge is 0.361 e. The fraction of sp³-hybridized carbons (Fsp3) is 0.222. The van der Waals surface area contributed by atoms with Gasteiger partial charge in [-0.25, -0.2) is 0 Å². The van der Waals surface area contributed by atoms with Crippen LogP contribution in [-0.4, -0.2) is 29.7 Å². The average molecular weight is 341 g/mol. The molecule has 1 atom stereocenters. The third-order valence-electron chi connectivity index (χ3n) is 4.25. The molecule has 0 radical (unpaired) electrons. The van der Waals surface area contributed by atoms with Gasteiger partial charge in [-0.2, -0.15) is 0 Å². The van der Waals surface area contributed by atoms with Crippen molar-refractivity contribution in [1.29, 1.82) is 0 Å². The van der Waals surface area contributed by atoms with Gasteiger partial charge in [-0.15, -0.1) is 0 Å². The van der Waals surface area contributed by atoms with E-state index in [-0.39, 0.29) is 12.1 Å². The molecular weight excluding hydrogens is 324 g/mol. The van der Waals surface area contributed by atoms with Gasteiger partial charge in [-0.3, -0.25) is 9.79 Å². The Labute approximate surface area is 145 Å². The first kappa shape index (κ1) is 15.0. The Balaban J connectivity index is 1.69. The van der Waals surface area contributed by atoms with Crippen molar-refractivity contribution < 1.29 is 4.79 Å². The van der Waals surface area contributed by atoms with Crippen molar-refractivity contribution in [2.45, 2.75) is 13.1 Å². The predicted octanol–water partition coefficient (Wildman–Crippen LogP) is 3.48. The lowest BCUT2D eigenvalue weighted by molar-refractivity contribution is -0.114. The van der Waals surface area contributed by atoms with Crippen molar-refractivity contribution in [2.75, 3.05) is 23.7 Å². The maximum atomic E-state index is 11.2. The molecule has 2 N–H and O–H groups in total. The number of aliphatic imine (C=N–C) groups is 1. The number of fused-ring (bicyclic) bond motifs is 3. The molecule has 4 rings (SSSR count). The average Bonchev–Trinajstić information content (AvgIpc) is 3.04. The number of anilines is 2. The molecule has 24 heavy (non-hydrogen) atoms. The van der Waals surface area contributed by atoms with Crippen molar-refractivity contribution >= 4 is 34.7 Å². The van der Waals surface area contributed by atoms with Crippen LogP contribution in [0.3, 0.4) is 0 Å². The van der Waals surface area contributed by atoms with Crippen LogP contribution in [0.4, 0.5) is 11.4 Å². The summed E-state index contributed by atoms with van der Waals surface area (Å²) in [6.45, 7) is 3.17. The number of carbonyl (C=O) groups excluding carboxylic acids is 1. The summed E-state index contributed by atoms with van der Waals surface area (Å²) in [7, 11) is 0. The van der Waals surface area contributed by atoms with Crippen molar-refractivity contribution in [2.24, 2.45) is 4.99 Å². The minimum atomic E-state index is -0.0731. The highest BCUT2D eigenvalue weighted by Crippen LogP contribution is 2.36. The molecule has 2 aromatic rings. The topological polar surface area (TPSA) is 56.7 Å². The van der Waals surface area contributed by atoms with E-state index in [1.807, 2.05) is 42.5 Å². The minimum Gasteiger partial charge on any atom is -0.361 e. The lowest BCUT2D eigenvalue weighted by Gasteiger charge is -2.37. The van der Waals surface area contributed by atoms with Gasteiger partial charge in [0.1, 0.15) is 12.0 Å².